The van der Waals surface area contributed by atoms with Gasteiger partial charge in [0.2, 0.25) is 0 Å². The number of hydrogen-bond donors (Lipinski definition) is 1. The van der Waals surface area contributed by atoms with Crippen LogP contribution in [0.15, 0.2) is 42.5 Å². The Hall–Kier alpha value is -3.14. The SMILES string of the molecule is CN(C)Cc1ccccc1CNC(=O)c1cc(OCC(F)(F)F)ccc1[N+](=O)[O-]. The van der Waals surface area contributed by atoms with Gasteiger partial charge in [-0.2, -0.15) is 13.2 Å². The standard InChI is InChI=1S/C19H20F3N3O4/c1-24(2)11-14-6-4-3-5-13(14)10-23-18(26)16-9-15(29-12-19(20,21)22)7-8-17(16)25(27)28/h3-9H,10-12H2,1-2H3,(H,23,26). The Morgan fingerprint density at radius 2 is 1.83 bits per heavy atom. The molecule has 0 radical (unpaired) electrons. The molecular formula is C19H20F3N3O4. The van der Waals surface area contributed by atoms with Crippen LogP contribution < -0.4 is 10.1 Å². The van der Waals surface area contributed by atoms with Crippen LogP contribution in [-0.2, 0) is 13.1 Å². The fraction of sp³-hybridized carbons (Fsp3) is 0.316. The summed E-state index contributed by atoms with van der Waals surface area (Å²) in [6.07, 6.45) is -4.57. The van der Waals surface area contributed by atoms with Crippen molar-refractivity contribution in [2.24, 2.45) is 0 Å². The number of alkyl halides is 3. The number of nitrogens with one attached hydrogen (secondary N) is 1. The second-order valence-corrected chi connectivity index (χ2v) is 6.53. The van der Waals surface area contributed by atoms with Crippen LogP contribution in [0.5, 0.6) is 5.75 Å². The maximum absolute atomic E-state index is 12.5. The zero-order chi connectivity index (χ0) is 21.6. The zero-order valence-electron chi connectivity index (χ0n) is 15.8. The van der Waals surface area contributed by atoms with Gasteiger partial charge in [0.25, 0.3) is 11.6 Å². The number of nitro benzene ring substituents is 1. The lowest BCUT2D eigenvalue weighted by Gasteiger charge is -2.15. The molecule has 2 aromatic rings. The molecule has 0 saturated heterocycles. The van der Waals surface area contributed by atoms with Crippen molar-refractivity contribution in [1.29, 1.82) is 0 Å². The van der Waals surface area contributed by atoms with Crippen molar-refractivity contribution in [2.75, 3.05) is 20.7 Å². The average Bonchev–Trinajstić information content (AvgIpc) is 2.64. The molecule has 0 heterocycles. The number of nitro groups is 1. The van der Waals surface area contributed by atoms with Crippen molar-refractivity contribution < 1.29 is 27.6 Å². The molecule has 1 N–H and O–H groups in total. The first-order chi connectivity index (χ1) is 13.6. The van der Waals surface area contributed by atoms with Gasteiger partial charge in [0, 0.05) is 19.2 Å². The lowest BCUT2D eigenvalue weighted by molar-refractivity contribution is -0.385. The summed E-state index contributed by atoms with van der Waals surface area (Å²) >= 11 is 0. The van der Waals surface area contributed by atoms with Gasteiger partial charge in [0.1, 0.15) is 11.3 Å². The molecule has 7 nitrogen and oxygen atoms in total. The van der Waals surface area contributed by atoms with Crippen molar-refractivity contribution in [3.63, 3.8) is 0 Å². The molecule has 0 spiro atoms. The number of nitrogens with zero attached hydrogens (tertiary/aromatic N) is 2. The Morgan fingerprint density at radius 1 is 1.17 bits per heavy atom. The second kappa shape index (κ2) is 9.37. The van der Waals surface area contributed by atoms with E-state index in [2.05, 4.69) is 10.1 Å². The van der Waals surface area contributed by atoms with Gasteiger partial charge in [0.05, 0.1) is 4.92 Å². The van der Waals surface area contributed by atoms with Crippen molar-refractivity contribution in [3.8, 4) is 5.75 Å². The van der Waals surface area contributed by atoms with Crippen molar-refractivity contribution in [2.45, 2.75) is 19.3 Å². The number of ether oxygens (including phenoxy) is 1. The van der Waals surface area contributed by atoms with Crippen LogP contribution in [0, 0.1) is 10.1 Å². The van der Waals surface area contributed by atoms with Crippen LogP contribution in [0.3, 0.4) is 0 Å². The monoisotopic (exact) mass is 411 g/mol. The molecule has 2 rings (SSSR count). The normalized spacial score (nSPS) is 11.4. The quantitative estimate of drug-likeness (QED) is 0.531. The van der Waals surface area contributed by atoms with Crippen LogP contribution >= 0.6 is 0 Å². The van der Waals surface area contributed by atoms with Crippen LogP contribution in [0.25, 0.3) is 0 Å². The summed E-state index contributed by atoms with van der Waals surface area (Å²) in [5.41, 5.74) is 0.888. The molecule has 0 saturated carbocycles. The molecule has 2 aromatic carbocycles. The molecule has 0 aliphatic heterocycles. The topological polar surface area (TPSA) is 84.7 Å². The molecule has 10 heteroatoms. The number of carbonyl (C=O) groups excluding carboxylic acids is 1. The Morgan fingerprint density at radius 3 is 2.41 bits per heavy atom. The van der Waals surface area contributed by atoms with Gasteiger partial charge < -0.3 is 15.0 Å². The second-order valence-electron chi connectivity index (χ2n) is 6.53. The Labute approximate surface area is 165 Å². The van der Waals surface area contributed by atoms with E-state index in [0.717, 1.165) is 29.3 Å². The van der Waals surface area contributed by atoms with Crippen molar-refractivity contribution in [1.82, 2.24) is 10.2 Å². The summed E-state index contributed by atoms with van der Waals surface area (Å²) in [6.45, 7) is -0.829. The Bertz CT molecular complexity index is 885. The van der Waals surface area contributed by atoms with E-state index < -0.39 is 29.3 Å². The highest BCUT2D eigenvalue weighted by Gasteiger charge is 2.29. The molecule has 0 aliphatic rings. The number of amides is 1. The minimum absolute atomic E-state index is 0.105. The van der Waals surface area contributed by atoms with Crippen LogP contribution in [0.4, 0.5) is 18.9 Å². The van der Waals surface area contributed by atoms with E-state index in [-0.39, 0.29) is 17.9 Å². The Kier molecular flexibility index (Phi) is 7.16. The molecule has 0 unspecified atom stereocenters. The zero-order valence-corrected chi connectivity index (χ0v) is 15.8. The number of halogens is 3. The highest BCUT2D eigenvalue weighted by atomic mass is 19.4. The van der Waals surface area contributed by atoms with Gasteiger partial charge in [-0.1, -0.05) is 24.3 Å². The minimum atomic E-state index is -4.57. The number of hydrogen-bond acceptors (Lipinski definition) is 5. The molecule has 156 valence electrons. The first kappa shape index (κ1) is 22.2. The van der Waals surface area contributed by atoms with Crippen molar-refractivity contribution >= 4 is 11.6 Å². The molecule has 0 atom stereocenters. The van der Waals surface area contributed by atoms with E-state index in [4.69, 9.17) is 0 Å². The summed E-state index contributed by atoms with van der Waals surface area (Å²) in [6, 6.07) is 10.3. The van der Waals surface area contributed by atoms with Crippen LogP contribution in [-0.4, -0.2) is 42.6 Å². The van der Waals surface area contributed by atoms with Crippen LogP contribution in [0.1, 0.15) is 21.5 Å². The fourth-order valence-corrected chi connectivity index (χ4v) is 2.61. The van der Waals surface area contributed by atoms with E-state index >= 15 is 0 Å². The Balaban J connectivity index is 2.20. The molecule has 29 heavy (non-hydrogen) atoms. The first-order valence-corrected chi connectivity index (χ1v) is 8.54. The highest BCUT2D eigenvalue weighted by Crippen LogP contribution is 2.26. The van der Waals surface area contributed by atoms with Gasteiger partial charge in [0.15, 0.2) is 6.61 Å². The van der Waals surface area contributed by atoms with Gasteiger partial charge in [-0.05, 0) is 37.4 Å². The van der Waals surface area contributed by atoms with E-state index in [1.807, 2.05) is 37.2 Å². The fourth-order valence-electron chi connectivity index (χ4n) is 2.61. The van der Waals surface area contributed by atoms with E-state index in [1.165, 1.54) is 0 Å². The summed E-state index contributed by atoms with van der Waals surface area (Å²) in [4.78, 5) is 24.9. The van der Waals surface area contributed by atoms with E-state index in [9.17, 15) is 28.1 Å². The number of carbonyl (C=O) groups is 1. The third kappa shape index (κ3) is 6.75. The van der Waals surface area contributed by atoms with Gasteiger partial charge in [-0.25, -0.2) is 0 Å². The maximum Gasteiger partial charge on any atom is 0.422 e. The molecule has 0 aromatic heterocycles. The van der Waals surface area contributed by atoms with E-state index in [0.29, 0.717) is 6.54 Å². The summed E-state index contributed by atoms with van der Waals surface area (Å²) in [5.74, 6) is -1.07. The third-order valence-corrected chi connectivity index (χ3v) is 3.86. The van der Waals surface area contributed by atoms with Gasteiger partial charge in [-0.15, -0.1) is 0 Å². The number of rotatable bonds is 8. The van der Waals surface area contributed by atoms with Crippen LogP contribution in [0.2, 0.25) is 0 Å². The molecular weight excluding hydrogens is 391 g/mol. The first-order valence-electron chi connectivity index (χ1n) is 8.54. The van der Waals surface area contributed by atoms with Gasteiger partial charge in [-0.3, -0.25) is 14.9 Å². The summed E-state index contributed by atoms with van der Waals surface area (Å²) in [5, 5.41) is 13.8. The molecule has 0 aliphatic carbocycles. The van der Waals surface area contributed by atoms with Crippen molar-refractivity contribution in [3.05, 3.63) is 69.3 Å². The molecule has 1 amide bonds. The average molecular weight is 411 g/mol. The maximum atomic E-state index is 12.5. The smallest absolute Gasteiger partial charge is 0.422 e. The highest BCUT2D eigenvalue weighted by molar-refractivity contribution is 5.98. The van der Waals surface area contributed by atoms with Gasteiger partial charge >= 0.3 is 6.18 Å². The largest absolute Gasteiger partial charge is 0.484 e. The third-order valence-electron chi connectivity index (χ3n) is 3.86. The lowest BCUT2D eigenvalue weighted by Crippen LogP contribution is -2.25. The number of benzene rings is 2. The lowest BCUT2D eigenvalue weighted by atomic mass is 10.1. The predicted octanol–water partition coefficient (Wildman–Crippen LogP) is 3.53. The molecule has 0 fully saturated rings. The summed E-state index contributed by atoms with van der Waals surface area (Å²) in [7, 11) is 3.79. The van der Waals surface area contributed by atoms with E-state index in [1.54, 1.807) is 6.07 Å². The summed E-state index contributed by atoms with van der Waals surface area (Å²) < 4.78 is 41.6. The minimum Gasteiger partial charge on any atom is -0.484 e. The predicted molar refractivity (Wildman–Crippen MR) is 99.6 cm³/mol. The molecule has 0 bridgehead atoms.